The summed E-state index contributed by atoms with van der Waals surface area (Å²) >= 11 is 9.07. The molecule has 1 saturated heterocycles. The highest BCUT2D eigenvalue weighted by Crippen LogP contribution is 2.31. The number of hydrogen-bond donors (Lipinski definition) is 0. The van der Waals surface area contributed by atoms with Crippen LogP contribution < -0.4 is 4.90 Å². The normalized spacial score (nSPS) is 13.2. The van der Waals surface area contributed by atoms with Gasteiger partial charge in [-0.25, -0.2) is 19.9 Å². The van der Waals surface area contributed by atoms with Gasteiger partial charge in [-0.2, -0.15) is 0 Å². The smallest absolute Gasteiger partial charge is 0.146 e. The van der Waals surface area contributed by atoms with Crippen LogP contribution in [0.15, 0.2) is 84.9 Å². The van der Waals surface area contributed by atoms with Gasteiger partial charge in [-0.1, -0.05) is 94.9 Å². The molecule has 0 saturated carbocycles. The zero-order valence-corrected chi connectivity index (χ0v) is 21.7. The second kappa shape index (κ2) is 10.3. The van der Waals surface area contributed by atoms with E-state index < -0.39 is 0 Å². The van der Waals surface area contributed by atoms with Gasteiger partial charge in [0.05, 0.1) is 0 Å². The third kappa shape index (κ3) is 4.95. The van der Waals surface area contributed by atoms with Crippen LogP contribution in [0.5, 0.6) is 0 Å². The minimum absolute atomic E-state index is 0.510. The summed E-state index contributed by atoms with van der Waals surface area (Å²) in [4.78, 5) is 22.5. The molecule has 0 atom stereocenters. The average molecular weight is 528 g/mol. The number of pyridine rings is 2. The summed E-state index contributed by atoms with van der Waals surface area (Å²) in [6.45, 7) is 2.26. The van der Waals surface area contributed by atoms with E-state index in [9.17, 15) is 0 Å². The van der Waals surface area contributed by atoms with Crippen molar-refractivity contribution < 1.29 is 0 Å². The fourth-order valence-electron chi connectivity index (χ4n) is 4.13. The molecule has 178 valence electrons. The lowest BCUT2D eigenvalue weighted by molar-refractivity contribution is 0.945. The SMILES string of the molecule is Clc1ccc2nc(-c3ccccc3)sc2n1.c1ccc(-c2nc3ccc(N4CCCC4)nc3s2)cc1. The van der Waals surface area contributed by atoms with Crippen molar-refractivity contribution in [3.63, 3.8) is 0 Å². The van der Waals surface area contributed by atoms with E-state index >= 15 is 0 Å². The Morgan fingerprint density at radius 1 is 0.583 bits per heavy atom. The maximum Gasteiger partial charge on any atom is 0.146 e. The van der Waals surface area contributed by atoms with E-state index in [0.717, 1.165) is 55.2 Å². The largest absolute Gasteiger partial charge is 0.357 e. The molecule has 0 spiro atoms. The molecule has 1 aliphatic rings. The fourth-order valence-corrected chi connectivity index (χ4v) is 6.21. The van der Waals surface area contributed by atoms with Crippen LogP contribution in [-0.4, -0.2) is 33.0 Å². The third-order valence-corrected chi connectivity index (χ3v) is 8.17. The summed E-state index contributed by atoms with van der Waals surface area (Å²) < 4.78 is 0. The Morgan fingerprint density at radius 2 is 1.11 bits per heavy atom. The number of halogens is 1. The molecule has 2 aromatic carbocycles. The Labute approximate surface area is 222 Å². The van der Waals surface area contributed by atoms with Crippen molar-refractivity contribution in [2.45, 2.75) is 12.8 Å². The molecule has 4 aromatic heterocycles. The highest BCUT2D eigenvalue weighted by molar-refractivity contribution is 7.21. The number of rotatable bonds is 3. The maximum absolute atomic E-state index is 5.84. The zero-order valence-electron chi connectivity index (χ0n) is 19.3. The van der Waals surface area contributed by atoms with Crippen molar-refractivity contribution >= 4 is 60.8 Å². The van der Waals surface area contributed by atoms with Crippen LogP contribution in [-0.2, 0) is 0 Å². The van der Waals surface area contributed by atoms with Crippen LogP contribution in [0.3, 0.4) is 0 Å². The van der Waals surface area contributed by atoms with E-state index in [1.165, 1.54) is 18.4 Å². The summed E-state index contributed by atoms with van der Waals surface area (Å²) in [7, 11) is 0. The fraction of sp³-hybridized carbons (Fsp3) is 0.143. The molecular weight excluding hydrogens is 506 g/mol. The number of benzene rings is 2. The van der Waals surface area contributed by atoms with Gasteiger partial charge in [-0.05, 0) is 37.1 Å². The Kier molecular flexibility index (Phi) is 6.59. The number of nitrogens with zero attached hydrogens (tertiary/aromatic N) is 5. The summed E-state index contributed by atoms with van der Waals surface area (Å²) in [6.07, 6.45) is 2.55. The van der Waals surface area contributed by atoms with E-state index in [1.807, 2.05) is 54.6 Å². The third-order valence-electron chi connectivity index (χ3n) is 5.93. The molecule has 1 fully saturated rings. The van der Waals surface area contributed by atoms with Crippen LogP contribution in [0, 0.1) is 0 Å². The highest BCUT2D eigenvalue weighted by atomic mass is 35.5. The minimum atomic E-state index is 0.510. The van der Waals surface area contributed by atoms with Crippen LogP contribution in [0.2, 0.25) is 5.15 Å². The van der Waals surface area contributed by atoms with E-state index in [0.29, 0.717) is 5.15 Å². The molecule has 0 N–H and O–H groups in total. The predicted octanol–water partition coefficient (Wildman–Crippen LogP) is 7.97. The number of anilines is 1. The molecule has 5 heterocycles. The van der Waals surface area contributed by atoms with E-state index in [4.69, 9.17) is 16.6 Å². The molecule has 36 heavy (non-hydrogen) atoms. The van der Waals surface area contributed by atoms with Crippen LogP contribution in [0.1, 0.15) is 12.8 Å². The van der Waals surface area contributed by atoms with Crippen molar-refractivity contribution in [3.05, 3.63) is 90.1 Å². The monoisotopic (exact) mass is 527 g/mol. The molecule has 0 aliphatic carbocycles. The maximum atomic E-state index is 5.84. The molecule has 0 radical (unpaired) electrons. The Bertz CT molecular complexity index is 1610. The van der Waals surface area contributed by atoms with Crippen LogP contribution in [0.4, 0.5) is 5.82 Å². The molecule has 0 unspecified atom stereocenters. The van der Waals surface area contributed by atoms with Crippen molar-refractivity contribution in [1.82, 2.24) is 19.9 Å². The Morgan fingerprint density at radius 3 is 1.69 bits per heavy atom. The highest BCUT2D eigenvalue weighted by Gasteiger charge is 2.15. The molecule has 1 aliphatic heterocycles. The van der Waals surface area contributed by atoms with Gasteiger partial charge in [0.15, 0.2) is 0 Å². The first-order valence-electron chi connectivity index (χ1n) is 11.8. The first kappa shape index (κ1) is 23.0. The lowest BCUT2D eigenvalue weighted by atomic mass is 10.2. The standard InChI is InChI=1S/C16H15N3S.C12H7ClN2S/c1-2-6-12(7-3-1)15-17-13-8-9-14(18-16(13)20-15)19-10-4-5-11-19;13-10-7-6-9-12(15-10)16-11(14-9)8-4-2-1-3-5-8/h1-3,6-9H,4-5,10-11H2;1-7H. The number of aromatic nitrogens is 4. The van der Waals surface area contributed by atoms with Crippen molar-refractivity contribution in [2.75, 3.05) is 18.0 Å². The summed E-state index contributed by atoms with van der Waals surface area (Å²) in [5.41, 5.74) is 4.17. The summed E-state index contributed by atoms with van der Waals surface area (Å²) in [5.74, 6) is 1.10. The molecule has 7 rings (SSSR count). The average Bonchev–Trinajstić information content (AvgIpc) is 3.69. The lowest BCUT2D eigenvalue weighted by Crippen LogP contribution is -2.18. The number of fused-ring (bicyclic) bond motifs is 2. The summed E-state index contributed by atoms with van der Waals surface area (Å²) in [6, 6.07) is 28.2. The molecule has 5 nitrogen and oxygen atoms in total. The minimum Gasteiger partial charge on any atom is -0.357 e. The lowest BCUT2D eigenvalue weighted by Gasteiger charge is -2.15. The van der Waals surface area contributed by atoms with Crippen molar-refractivity contribution in [3.8, 4) is 21.1 Å². The van der Waals surface area contributed by atoms with Crippen molar-refractivity contribution in [2.24, 2.45) is 0 Å². The van der Waals surface area contributed by atoms with Gasteiger partial charge in [0, 0.05) is 24.2 Å². The van der Waals surface area contributed by atoms with Gasteiger partial charge in [0.25, 0.3) is 0 Å². The van der Waals surface area contributed by atoms with Crippen molar-refractivity contribution in [1.29, 1.82) is 0 Å². The van der Waals surface area contributed by atoms with E-state index in [2.05, 4.69) is 44.1 Å². The quantitative estimate of drug-likeness (QED) is 0.218. The molecule has 6 aromatic rings. The molecule has 0 amide bonds. The van der Waals surface area contributed by atoms with Gasteiger partial charge in [0.2, 0.25) is 0 Å². The second-order valence-electron chi connectivity index (χ2n) is 8.42. The van der Waals surface area contributed by atoms with E-state index in [1.54, 1.807) is 28.7 Å². The second-order valence-corrected chi connectivity index (χ2v) is 10.8. The van der Waals surface area contributed by atoms with E-state index in [-0.39, 0.29) is 0 Å². The van der Waals surface area contributed by atoms with Crippen LogP contribution >= 0.6 is 34.3 Å². The zero-order chi connectivity index (χ0) is 24.3. The first-order chi connectivity index (χ1) is 17.7. The number of hydrogen-bond acceptors (Lipinski definition) is 7. The topological polar surface area (TPSA) is 54.8 Å². The Balaban J connectivity index is 0.000000137. The van der Waals surface area contributed by atoms with Gasteiger partial charge >= 0.3 is 0 Å². The Hall–Kier alpha value is -3.39. The summed E-state index contributed by atoms with van der Waals surface area (Å²) in [5, 5.41) is 2.54. The number of thiazole rings is 2. The van der Waals surface area contributed by atoms with Gasteiger partial charge in [-0.15, -0.1) is 0 Å². The van der Waals surface area contributed by atoms with Gasteiger partial charge in [0.1, 0.15) is 41.7 Å². The molecule has 8 heteroatoms. The van der Waals surface area contributed by atoms with Gasteiger partial charge < -0.3 is 4.90 Å². The molecular formula is C28H22ClN5S2. The predicted molar refractivity (Wildman–Crippen MR) is 152 cm³/mol. The van der Waals surface area contributed by atoms with Gasteiger partial charge in [-0.3, -0.25) is 0 Å². The molecule has 0 bridgehead atoms. The first-order valence-corrected chi connectivity index (χ1v) is 13.8. The van der Waals surface area contributed by atoms with Crippen LogP contribution in [0.25, 0.3) is 41.8 Å².